The van der Waals surface area contributed by atoms with Gasteiger partial charge in [0, 0.05) is 29.4 Å². The average molecular weight is 425 g/mol. The number of rotatable bonds is 5. The number of benzene rings is 2. The van der Waals surface area contributed by atoms with Gasteiger partial charge in [-0.05, 0) is 36.4 Å². The largest absolute Gasteiger partial charge is 0.436 e. The number of aromatic nitrogens is 1. The van der Waals surface area contributed by atoms with Gasteiger partial charge in [0.15, 0.2) is 11.4 Å². The summed E-state index contributed by atoms with van der Waals surface area (Å²) in [5.74, 6) is 0.0857. The number of nitrogens with zero attached hydrogens (tertiary/aromatic N) is 1. The number of pyridine rings is 1. The van der Waals surface area contributed by atoms with Crippen LogP contribution in [0, 0.1) is 0 Å². The van der Waals surface area contributed by atoms with Gasteiger partial charge in [-0.15, -0.1) is 0 Å². The van der Waals surface area contributed by atoms with E-state index in [0.29, 0.717) is 45.6 Å². The van der Waals surface area contributed by atoms with Gasteiger partial charge in [-0.25, -0.2) is 0 Å². The van der Waals surface area contributed by atoms with Crippen molar-refractivity contribution in [3.8, 4) is 11.3 Å². The normalized spacial score (nSPS) is 11.6. The number of carbonyl (C=O) groups is 1. The van der Waals surface area contributed by atoms with Gasteiger partial charge < -0.3 is 15.5 Å². The number of anilines is 3. The summed E-state index contributed by atoms with van der Waals surface area (Å²) in [4.78, 5) is 16.5. The Morgan fingerprint density at radius 1 is 1.13 bits per heavy atom. The van der Waals surface area contributed by atoms with Crippen LogP contribution in [0.25, 0.3) is 22.2 Å². The van der Waals surface area contributed by atoms with E-state index in [1.54, 1.807) is 37.4 Å². The Morgan fingerprint density at radius 2 is 1.87 bits per heavy atom. The number of ketones is 1. The number of nitrogen functional groups attached to an aromatic ring is 1. The van der Waals surface area contributed by atoms with Gasteiger partial charge in [-0.2, -0.15) is 13.2 Å². The number of halogens is 3. The second-order valence-electron chi connectivity index (χ2n) is 6.94. The molecular formula is C23H18F3N3O2. The first-order valence-corrected chi connectivity index (χ1v) is 9.53. The average Bonchev–Trinajstić information content (AvgIpc) is 3.08. The zero-order valence-electron chi connectivity index (χ0n) is 16.5. The van der Waals surface area contributed by atoms with Crippen molar-refractivity contribution in [2.45, 2.75) is 19.5 Å². The Morgan fingerprint density at radius 3 is 2.55 bits per heavy atom. The van der Waals surface area contributed by atoms with E-state index in [-0.39, 0.29) is 11.7 Å². The molecule has 4 aromatic rings. The van der Waals surface area contributed by atoms with Crippen molar-refractivity contribution in [1.82, 2.24) is 4.98 Å². The van der Waals surface area contributed by atoms with E-state index in [9.17, 15) is 18.0 Å². The molecule has 0 unspecified atom stereocenters. The highest BCUT2D eigenvalue weighted by atomic mass is 19.4. The van der Waals surface area contributed by atoms with Crippen molar-refractivity contribution in [3.63, 3.8) is 0 Å². The lowest BCUT2D eigenvalue weighted by Crippen LogP contribution is -2.04. The second-order valence-corrected chi connectivity index (χ2v) is 6.94. The minimum atomic E-state index is -4.41. The summed E-state index contributed by atoms with van der Waals surface area (Å²) < 4.78 is 44.1. The van der Waals surface area contributed by atoms with E-state index < -0.39 is 11.7 Å². The highest BCUT2D eigenvalue weighted by Gasteiger charge is 2.30. The molecule has 0 atom stereocenters. The molecule has 3 N–H and O–H groups in total. The predicted molar refractivity (Wildman–Crippen MR) is 113 cm³/mol. The number of carbonyl (C=O) groups excluding carboxylic acids is 1. The molecule has 0 aliphatic carbocycles. The SMILES string of the molecule is CCC(=O)c1cccc(-c2nccc3c(Nc4ccc(C(F)(F)F)cc4)c(N)oc23)c1. The van der Waals surface area contributed by atoms with E-state index in [1.807, 2.05) is 6.07 Å². The van der Waals surface area contributed by atoms with Gasteiger partial charge in [-0.3, -0.25) is 9.78 Å². The van der Waals surface area contributed by atoms with Crippen LogP contribution in [-0.2, 0) is 6.18 Å². The number of hydrogen-bond acceptors (Lipinski definition) is 5. The van der Waals surface area contributed by atoms with Gasteiger partial charge in [0.2, 0.25) is 5.88 Å². The molecule has 0 fully saturated rings. The minimum absolute atomic E-state index is 0.0117. The molecule has 0 bridgehead atoms. The van der Waals surface area contributed by atoms with Crippen molar-refractivity contribution in [2.24, 2.45) is 0 Å². The molecule has 8 heteroatoms. The third-order valence-electron chi connectivity index (χ3n) is 4.89. The Labute approximate surface area is 175 Å². The van der Waals surface area contributed by atoms with Crippen LogP contribution >= 0.6 is 0 Å². The van der Waals surface area contributed by atoms with Crippen LogP contribution in [0.2, 0.25) is 0 Å². The Balaban J connectivity index is 1.74. The van der Waals surface area contributed by atoms with Crippen LogP contribution < -0.4 is 11.1 Å². The lowest BCUT2D eigenvalue weighted by molar-refractivity contribution is -0.137. The highest BCUT2D eigenvalue weighted by Crippen LogP contribution is 2.39. The molecular weight excluding hydrogens is 407 g/mol. The maximum atomic E-state index is 12.8. The maximum absolute atomic E-state index is 12.8. The van der Waals surface area contributed by atoms with Gasteiger partial charge in [-0.1, -0.05) is 25.1 Å². The van der Waals surface area contributed by atoms with Crippen LogP contribution in [0.1, 0.15) is 29.3 Å². The van der Waals surface area contributed by atoms with Gasteiger partial charge in [0.05, 0.1) is 10.9 Å². The first-order valence-electron chi connectivity index (χ1n) is 9.53. The topological polar surface area (TPSA) is 81.2 Å². The maximum Gasteiger partial charge on any atom is 0.416 e. The molecule has 0 radical (unpaired) electrons. The zero-order valence-corrected chi connectivity index (χ0v) is 16.5. The summed E-state index contributed by atoms with van der Waals surface area (Å²) in [6.07, 6.45) is -2.44. The summed E-state index contributed by atoms with van der Waals surface area (Å²) in [7, 11) is 0. The number of fused-ring (bicyclic) bond motifs is 1. The fourth-order valence-electron chi connectivity index (χ4n) is 3.31. The van der Waals surface area contributed by atoms with E-state index >= 15 is 0 Å². The van der Waals surface area contributed by atoms with Crippen molar-refractivity contribution < 1.29 is 22.4 Å². The summed E-state index contributed by atoms with van der Waals surface area (Å²) in [6, 6.07) is 13.4. The number of furan rings is 1. The number of Topliss-reactive ketones (excluding diaryl/α,β-unsaturated/α-hetero) is 1. The minimum Gasteiger partial charge on any atom is -0.436 e. The van der Waals surface area contributed by atoms with Gasteiger partial charge >= 0.3 is 6.18 Å². The molecule has 0 aliphatic rings. The smallest absolute Gasteiger partial charge is 0.416 e. The van der Waals surface area contributed by atoms with Crippen LogP contribution in [0.5, 0.6) is 0 Å². The second kappa shape index (κ2) is 7.79. The Hall–Kier alpha value is -3.81. The van der Waals surface area contributed by atoms with Crippen molar-refractivity contribution in [3.05, 3.63) is 71.9 Å². The standard InChI is InChI=1S/C23H18F3N3O2/c1-2-18(30)13-4-3-5-14(12-13)19-21-17(10-11-28-19)20(22(27)31-21)29-16-8-6-15(7-9-16)23(24,25)26/h3-12,29H,2,27H2,1H3. The van der Waals surface area contributed by atoms with E-state index in [2.05, 4.69) is 10.3 Å². The summed E-state index contributed by atoms with van der Waals surface area (Å²) in [5.41, 5.74) is 8.36. The molecule has 0 spiro atoms. The fourth-order valence-corrected chi connectivity index (χ4v) is 3.31. The van der Waals surface area contributed by atoms with Gasteiger partial charge in [0.1, 0.15) is 11.4 Å². The first kappa shape index (κ1) is 20.5. The first-order chi connectivity index (χ1) is 14.8. The number of nitrogens with one attached hydrogen (secondary N) is 1. The summed E-state index contributed by atoms with van der Waals surface area (Å²) >= 11 is 0. The Bertz CT molecular complexity index is 1260. The molecule has 2 aromatic heterocycles. The molecule has 0 saturated carbocycles. The van der Waals surface area contributed by atoms with Crippen molar-refractivity contribution >= 4 is 34.0 Å². The van der Waals surface area contributed by atoms with Crippen molar-refractivity contribution in [2.75, 3.05) is 11.1 Å². The molecule has 2 aromatic carbocycles. The highest BCUT2D eigenvalue weighted by molar-refractivity contribution is 6.04. The molecule has 0 saturated heterocycles. The van der Waals surface area contributed by atoms with E-state index in [4.69, 9.17) is 10.2 Å². The number of hydrogen-bond donors (Lipinski definition) is 2. The van der Waals surface area contributed by atoms with Crippen LogP contribution in [0.4, 0.5) is 30.4 Å². The monoisotopic (exact) mass is 425 g/mol. The molecule has 158 valence electrons. The van der Waals surface area contributed by atoms with Crippen LogP contribution in [-0.4, -0.2) is 10.8 Å². The third kappa shape index (κ3) is 3.96. The molecule has 31 heavy (non-hydrogen) atoms. The lowest BCUT2D eigenvalue weighted by atomic mass is 10.0. The quantitative estimate of drug-likeness (QED) is 0.360. The zero-order chi connectivity index (χ0) is 22.2. The van der Waals surface area contributed by atoms with E-state index in [1.165, 1.54) is 12.1 Å². The molecule has 5 nitrogen and oxygen atoms in total. The van der Waals surface area contributed by atoms with Crippen LogP contribution in [0.3, 0.4) is 0 Å². The van der Waals surface area contributed by atoms with Crippen molar-refractivity contribution in [1.29, 1.82) is 0 Å². The number of nitrogens with two attached hydrogens (primary N) is 1. The van der Waals surface area contributed by atoms with E-state index in [0.717, 1.165) is 12.1 Å². The molecule has 0 aliphatic heterocycles. The molecule has 0 amide bonds. The fraction of sp³-hybridized carbons (Fsp3) is 0.130. The predicted octanol–water partition coefficient (Wildman–Crippen LogP) is 6.43. The Kier molecular flexibility index (Phi) is 5.14. The number of alkyl halides is 3. The summed E-state index contributed by atoms with van der Waals surface area (Å²) in [6.45, 7) is 1.79. The molecule has 4 rings (SSSR count). The molecule has 2 heterocycles. The van der Waals surface area contributed by atoms with Gasteiger partial charge in [0.25, 0.3) is 0 Å². The van der Waals surface area contributed by atoms with Crippen LogP contribution in [0.15, 0.2) is 65.2 Å². The summed E-state index contributed by atoms with van der Waals surface area (Å²) in [5, 5.41) is 3.64. The third-order valence-corrected chi connectivity index (χ3v) is 4.89. The lowest BCUT2D eigenvalue weighted by Gasteiger charge is -2.09.